The van der Waals surface area contributed by atoms with E-state index < -0.39 is 6.10 Å². The molecule has 1 aromatic rings. The summed E-state index contributed by atoms with van der Waals surface area (Å²) in [6.45, 7) is 3.06. The van der Waals surface area contributed by atoms with Gasteiger partial charge in [0, 0.05) is 18.2 Å². The minimum Gasteiger partial charge on any atom is -0.481 e. The van der Waals surface area contributed by atoms with Crippen LogP contribution >= 0.6 is 11.6 Å². The van der Waals surface area contributed by atoms with Crippen LogP contribution in [0, 0.1) is 0 Å². The van der Waals surface area contributed by atoms with Gasteiger partial charge in [0.25, 0.3) is 5.91 Å². The third-order valence-corrected chi connectivity index (χ3v) is 3.28. The van der Waals surface area contributed by atoms with Gasteiger partial charge >= 0.3 is 0 Å². The Balaban J connectivity index is 1.76. The Bertz CT molecular complexity index is 415. The molecule has 1 aliphatic rings. The van der Waals surface area contributed by atoms with Crippen molar-refractivity contribution in [1.29, 1.82) is 0 Å². The van der Waals surface area contributed by atoms with E-state index in [4.69, 9.17) is 21.1 Å². The maximum absolute atomic E-state index is 11.9. The predicted octanol–water partition coefficient (Wildman–Crippen LogP) is 2.40. The number of benzene rings is 1. The van der Waals surface area contributed by atoms with Gasteiger partial charge in [-0.3, -0.25) is 4.79 Å². The van der Waals surface area contributed by atoms with Gasteiger partial charge in [0.15, 0.2) is 6.10 Å². The number of carbonyl (C=O) groups excluding carboxylic acids is 1. The summed E-state index contributed by atoms with van der Waals surface area (Å²) >= 11 is 5.78. The fourth-order valence-electron chi connectivity index (χ4n) is 1.93. The van der Waals surface area contributed by atoms with E-state index in [1.54, 1.807) is 31.2 Å². The zero-order valence-electron chi connectivity index (χ0n) is 10.9. The molecule has 104 valence electrons. The summed E-state index contributed by atoms with van der Waals surface area (Å²) in [5.41, 5.74) is 0. The number of nitrogens with one attached hydrogen (secondary N) is 1. The minimum atomic E-state index is -0.539. The summed E-state index contributed by atoms with van der Waals surface area (Å²) in [6, 6.07) is 6.94. The molecule has 0 aromatic heterocycles. The van der Waals surface area contributed by atoms with E-state index in [0.717, 1.165) is 19.4 Å². The van der Waals surface area contributed by atoms with Crippen LogP contribution in [0.15, 0.2) is 24.3 Å². The average molecular weight is 284 g/mol. The molecule has 0 bridgehead atoms. The summed E-state index contributed by atoms with van der Waals surface area (Å²) in [7, 11) is 0. The molecule has 0 aliphatic carbocycles. The Kier molecular flexibility index (Phi) is 5.05. The van der Waals surface area contributed by atoms with Gasteiger partial charge in [-0.15, -0.1) is 0 Å². The normalized spacial score (nSPS) is 20.0. The van der Waals surface area contributed by atoms with Crippen LogP contribution < -0.4 is 10.1 Å². The van der Waals surface area contributed by atoms with Gasteiger partial charge in [0.1, 0.15) is 5.75 Å². The summed E-state index contributed by atoms with van der Waals surface area (Å²) in [5, 5.41) is 3.48. The van der Waals surface area contributed by atoms with Crippen LogP contribution in [0.1, 0.15) is 19.8 Å². The molecule has 4 nitrogen and oxygen atoms in total. The van der Waals surface area contributed by atoms with Crippen LogP contribution in [0.25, 0.3) is 0 Å². The maximum Gasteiger partial charge on any atom is 0.260 e. The first kappa shape index (κ1) is 14.2. The Morgan fingerprint density at radius 3 is 2.89 bits per heavy atom. The molecule has 1 aromatic carbocycles. The van der Waals surface area contributed by atoms with Crippen molar-refractivity contribution < 1.29 is 14.3 Å². The smallest absolute Gasteiger partial charge is 0.260 e. The molecule has 0 spiro atoms. The lowest BCUT2D eigenvalue weighted by atomic mass is 10.2. The van der Waals surface area contributed by atoms with Crippen molar-refractivity contribution >= 4 is 17.5 Å². The minimum absolute atomic E-state index is 0.134. The highest BCUT2D eigenvalue weighted by Crippen LogP contribution is 2.17. The van der Waals surface area contributed by atoms with Gasteiger partial charge < -0.3 is 14.8 Å². The lowest BCUT2D eigenvalue weighted by molar-refractivity contribution is -0.127. The van der Waals surface area contributed by atoms with Crippen molar-refractivity contribution in [2.24, 2.45) is 0 Å². The van der Waals surface area contributed by atoms with Gasteiger partial charge in [-0.1, -0.05) is 11.6 Å². The van der Waals surface area contributed by atoms with Crippen molar-refractivity contribution in [1.82, 2.24) is 5.32 Å². The van der Waals surface area contributed by atoms with Crippen molar-refractivity contribution in [3.05, 3.63) is 29.3 Å². The van der Waals surface area contributed by atoms with Crippen LogP contribution in [0.5, 0.6) is 5.75 Å². The first-order valence-corrected chi connectivity index (χ1v) is 6.84. The summed E-state index contributed by atoms with van der Waals surface area (Å²) < 4.78 is 11.0. The Labute approximate surface area is 118 Å². The van der Waals surface area contributed by atoms with E-state index in [-0.39, 0.29) is 12.0 Å². The van der Waals surface area contributed by atoms with Crippen LogP contribution in [-0.4, -0.2) is 31.3 Å². The largest absolute Gasteiger partial charge is 0.481 e. The SMILES string of the molecule is C[C@@H](Oc1ccc(Cl)cc1)C(=O)NC[C@H]1CCCO1. The topological polar surface area (TPSA) is 47.6 Å². The van der Waals surface area contributed by atoms with Gasteiger partial charge in [0.2, 0.25) is 0 Å². The molecule has 1 aliphatic heterocycles. The van der Waals surface area contributed by atoms with Crippen molar-refractivity contribution in [3.63, 3.8) is 0 Å². The van der Waals surface area contributed by atoms with E-state index >= 15 is 0 Å². The zero-order valence-corrected chi connectivity index (χ0v) is 11.7. The lowest BCUT2D eigenvalue weighted by Crippen LogP contribution is -2.40. The number of carbonyl (C=O) groups is 1. The summed E-state index contributed by atoms with van der Waals surface area (Å²) in [6.07, 6.45) is 1.68. The molecule has 1 fully saturated rings. The fraction of sp³-hybridized carbons (Fsp3) is 0.500. The second kappa shape index (κ2) is 6.78. The standard InChI is InChI=1S/C14H18ClNO3/c1-10(19-12-6-4-11(15)5-7-12)14(17)16-9-13-3-2-8-18-13/h4-7,10,13H,2-3,8-9H2,1H3,(H,16,17)/t10-,13-/m1/s1. The number of hydrogen-bond acceptors (Lipinski definition) is 3. The van der Waals surface area contributed by atoms with Crippen LogP contribution in [0.4, 0.5) is 0 Å². The molecule has 1 saturated heterocycles. The molecule has 2 atom stereocenters. The number of amides is 1. The van der Waals surface area contributed by atoms with Crippen LogP contribution in [0.2, 0.25) is 5.02 Å². The molecular formula is C14H18ClNO3. The van der Waals surface area contributed by atoms with Crippen LogP contribution in [-0.2, 0) is 9.53 Å². The molecule has 5 heteroatoms. The molecule has 0 saturated carbocycles. The predicted molar refractivity (Wildman–Crippen MR) is 73.5 cm³/mol. The second-order valence-corrected chi connectivity index (χ2v) is 5.03. The van der Waals surface area contributed by atoms with Gasteiger partial charge in [-0.2, -0.15) is 0 Å². The number of hydrogen-bond donors (Lipinski definition) is 1. The molecule has 1 heterocycles. The molecular weight excluding hydrogens is 266 g/mol. The van der Waals surface area contributed by atoms with Gasteiger partial charge in [0.05, 0.1) is 6.10 Å². The van der Waals surface area contributed by atoms with Gasteiger partial charge in [-0.05, 0) is 44.0 Å². The third kappa shape index (κ3) is 4.40. The Morgan fingerprint density at radius 1 is 1.53 bits per heavy atom. The molecule has 1 amide bonds. The molecule has 19 heavy (non-hydrogen) atoms. The first-order chi connectivity index (χ1) is 9.15. The molecule has 0 unspecified atom stereocenters. The fourth-order valence-corrected chi connectivity index (χ4v) is 2.06. The number of rotatable bonds is 5. The number of halogens is 1. The molecule has 0 radical (unpaired) electrons. The molecule has 1 N–H and O–H groups in total. The summed E-state index contributed by atoms with van der Waals surface area (Å²) in [4.78, 5) is 11.9. The first-order valence-electron chi connectivity index (χ1n) is 6.46. The van der Waals surface area contributed by atoms with E-state index in [0.29, 0.717) is 17.3 Å². The van der Waals surface area contributed by atoms with Gasteiger partial charge in [-0.25, -0.2) is 0 Å². The monoisotopic (exact) mass is 283 g/mol. The number of ether oxygens (including phenoxy) is 2. The highest BCUT2D eigenvalue weighted by Gasteiger charge is 2.19. The van der Waals surface area contributed by atoms with Crippen molar-refractivity contribution in [2.75, 3.05) is 13.2 Å². The Morgan fingerprint density at radius 2 is 2.26 bits per heavy atom. The highest BCUT2D eigenvalue weighted by atomic mass is 35.5. The van der Waals surface area contributed by atoms with Crippen LogP contribution in [0.3, 0.4) is 0 Å². The van der Waals surface area contributed by atoms with Crippen molar-refractivity contribution in [2.45, 2.75) is 32.0 Å². The lowest BCUT2D eigenvalue weighted by Gasteiger charge is -2.16. The summed E-state index contributed by atoms with van der Waals surface area (Å²) in [5.74, 6) is 0.495. The quantitative estimate of drug-likeness (QED) is 0.903. The van der Waals surface area contributed by atoms with E-state index in [1.165, 1.54) is 0 Å². The molecule has 2 rings (SSSR count). The second-order valence-electron chi connectivity index (χ2n) is 4.59. The van der Waals surface area contributed by atoms with E-state index in [9.17, 15) is 4.79 Å². The highest BCUT2D eigenvalue weighted by molar-refractivity contribution is 6.30. The Hall–Kier alpha value is -1.26. The average Bonchev–Trinajstić information content (AvgIpc) is 2.91. The van der Waals surface area contributed by atoms with E-state index in [2.05, 4.69) is 5.32 Å². The third-order valence-electron chi connectivity index (χ3n) is 3.02. The zero-order chi connectivity index (χ0) is 13.7. The van der Waals surface area contributed by atoms with E-state index in [1.807, 2.05) is 0 Å². The maximum atomic E-state index is 11.9. The van der Waals surface area contributed by atoms with Crippen molar-refractivity contribution in [3.8, 4) is 5.75 Å².